The number of benzene rings is 1. The number of carbonyl (C=O) groups excluding carboxylic acids is 1. The van der Waals surface area contributed by atoms with Gasteiger partial charge in [-0.3, -0.25) is 4.79 Å². The van der Waals surface area contributed by atoms with Crippen LogP contribution in [0.4, 0.5) is 0 Å². The van der Waals surface area contributed by atoms with Gasteiger partial charge in [0, 0.05) is 24.3 Å². The van der Waals surface area contributed by atoms with Gasteiger partial charge in [-0.15, -0.1) is 0 Å². The van der Waals surface area contributed by atoms with Crippen molar-refractivity contribution in [3.63, 3.8) is 0 Å². The summed E-state index contributed by atoms with van der Waals surface area (Å²) in [7, 11) is -3.71. The summed E-state index contributed by atoms with van der Waals surface area (Å²) in [5, 5.41) is 2.89. The molecule has 0 radical (unpaired) electrons. The zero-order valence-electron chi connectivity index (χ0n) is 16.3. The fourth-order valence-corrected chi connectivity index (χ4v) is 4.45. The van der Waals surface area contributed by atoms with Crippen molar-refractivity contribution < 1.29 is 22.4 Å². The summed E-state index contributed by atoms with van der Waals surface area (Å²) >= 11 is 0. The minimum absolute atomic E-state index is 0.0566. The normalized spacial score (nSPS) is 18.2. The monoisotopic (exact) mass is 406 g/mol. The molecule has 1 aromatic carbocycles. The van der Waals surface area contributed by atoms with Crippen LogP contribution in [0.2, 0.25) is 0 Å². The van der Waals surface area contributed by atoms with Gasteiger partial charge in [0.25, 0.3) is 5.91 Å². The van der Waals surface area contributed by atoms with Gasteiger partial charge in [0.05, 0.1) is 17.0 Å². The summed E-state index contributed by atoms with van der Waals surface area (Å²) in [5.41, 5.74) is 1.18. The van der Waals surface area contributed by atoms with E-state index in [2.05, 4.69) is 10.0 Å². The maximum Gasteiger partial charge on any atom is 0.251 e. The molecule has 2 heterocycles. The van der Waals surface area contributed by atoms with Gasteiger partial charge in [-0.1, -0.05) is 6.07 Å². The molecule has 1 fully saturated rings. The number of hydrogen-bond acceptors (Lipinski definition) is 5. The quantitative estimate of drug-likeness (QED) is 0.737. The smallest absolute Gasteiger partial charge is 0.251 e. The molecule has 2 unspecified atom stereocenters. The van der Waals surface area contributed by atoms with Crippen LogP contribution < -0.4 is 10.0 Å². The Morgan fingerprint density at radius 2 is 2.07 bits per heavy atom. The average molecular weight is 407 g/mol. The minimum Gasteiger partial charge on any atom is -0.466 e. The van der Waals surface area contributed by atoms with E-state index in [0.717, 1.165) is 29.9 Å². The third-order valence-electron chi connectivity index (χ3n) is 4.83. The molecule has 8 heteroatoms. The predicted octanol–water partition coefficient (Wildman–Crippen LogP) is 2.84. The molecule has 2 atom stereocenters. The zero-order chi connectivity index (χ0) is 20.3. The van der Waals surface area contributed by atoms with E-state index >= 15 is 0 Å². The fraction of sp³-hybridized carbons (Fsp3) is 0.450. The van der Waals surface area contributed by atoms with E-state index in [9.17, 15) is 13.2 Å². The topological polar surface area (TPSA) is 97.6 Å². The van der Waals surface area contributed by atoms with Crippen LogP contribution in [0.3, 0.4) is 0 Å². The first-order valence-corrected chi connectivity index (χ1v) is 10.8. The van der Waals surface area contributed by atoms with Crippen LogP contribution >= 0.6 is 0 Å². The number of aryl methyl sites for hydroxylation is 2. The summed E-state index contributed by atoms with van der Waals surface area (Å²) in [4.78, 5) is 12.7. The Labute approximate surface area is 165 Å². The summed E-state index contributed by atoms with van der Waals surface area (Å²) < 4.78 is 38.6. The minimum atomic E-state index is -3.71. The molecule has 3 rings (SSSR count). The number of hydrogen-bond donors (Lipinski definition) is 2. The first kappa shape index (κ1) is 20.6. The predicted molar refractivity (Wildman–Crippen MR) is 105 cm³/mol. The van der Waals surface area contributed by atoms with Gasteiger partial charge >= 0.3 is 0 Å². The lowest BCUT2D eigenvalue weighted by atomic mass is 10.1. The summed E-state index contributed by atoms with van der Waals surface area (Å²) in [5.74, 6) is 1.18. The lowest BCUT2D eigenvalue weighted by molar-refractivity contribution is 0.0939. The summed E-state index contributed by atoms with van der Waals surface area (Å²) in [6, 6.07) is 7.63. The standard InChI is InChI=1S/C20H26N2O5S/c1-13-10-19(15(3)27-13)14(2)22-20(23)16-6-4-8-18(11-16)28(24,25)21-12-17-7-5-9-26-17/h4,6,8,10-11,14,17,21H,5,7,9,12H2,1-3H3,(H,22,23). The van der Waals surface area contributed by atoms with Gasteiger partial charge in [-0.2, -0.15) is 0 Å². The van der Waals surface area contributed by atoms with Gasteiger partial charge in [0.15, 0.2) is 0 Å². The Kier molecular flexibility index (Phi) is 6.22. The molecule has 0 saturated carbocycles. The number of amides is 1. The van der Waals surface area contributed by atoms with Gasteiger partial charge in [0.2, 0.25) is 10.0 Å². The second kappa shape index (κ2) is 8.46. The van der Waals surface area contributed by atoms with Crippen LogP contribution in [0.5, 0.6) is 0 Å². The first-order chi connectivity index (χ1) is 13.3. The van der Waals surface area contributed by atoms with E-state index in [1.807, 2.05) is 26.8 Å². The van der Waals surface area contributed by atoms with E-state index in [4.69, 9.17) is 9.15 Å². The maximum absolute atomic E-state index is 12.6. The highest BCUT2D eigenvalue weighted by molar-refractivity contribution is 7.89. The van der Waals surface area contributed by atoms with Crippen molar-refractivity contribution in [1.82, 2.24) is 10.0 Å². The molecule has 2 aromatic rings. The van der Waals surface area contributed by atoms with Gasteiger partial charge < -0.3 is 14.5 Å². The molecule has 152 valence electrons. The second-order valence-electron chi connectivity index (χ2n) is 7.08. The lowest BCUT2D eigenvalue weighted by Gasteiger charge is -2.14. The molecule has 1 aliphatic rings. The Morgan fingerprint density at radius 3 is 2.71 bits per heavy atom. The lowest BCUT2D eigenvalue weighted by Crippen LogP contribution is -2.32. The van der Waals surface area contributed by atoms with Crippen molar-refractivity contribution in [2.75, 3.05) is 13.2 Å². The number of rotatable bonds is 7. The van der Waals surface area contributed by atoms with Crippen molar-refractivity contribution in [2.45, 2.75) is 50.7 Å². The third-order valence-corrected chi connectivity index (χ3v) is 6.25. The van der Waals surface area contributed by atoms with Crippen molar-refractivity contribution >= 4 is 15.9 Å². The van der Waals surface area contributed by atoms with Crippen LogP contribution in [0.15, 0.2) is 39.6 Å². The second-order valence-corrected chi connectivity index (χ2v) is 8.85. The van der Waals surface area contributed by atoms with Gasteiger partial charge in [-0.05, 0) is 57.9 Å². The highest BCUT2D eigenvalue weighted by Gasteiger charge is 2.22. The highest BCUT2D eigenvalue weighted by atomic mass is 32.2. The number of sulfonamides is 1. The van der Waals surface area contributed by atoms with Crippen LogP contribution in [-0.2, 0) is 14.8 Å². The molecular weight excluding hydrogens is 380 g/mol. The molecule has 1 aliphatic heterocycles. The van der Waals surface area contributed by atoms with Crippen LogP contribution in [0.25, 0.3) is 0 Å². The molecule has 28 heavy (non-hydrogen) atoms. The summed E-state index contributed by atoms with van der Waals surface area (Å²) in [6.07, 6.45) is 1.69. The number of ether oxygens (including phenoxy) is 1. The van der Waals surface area contributed by atoms with E-state index in [1.165, 1.54) is 12.1 Å². The van der Waals surface area contributed by atoms with Crippen molar-refractivity contribution in [1.29, 1.82) is 0 Å². The van der Waals surface area contributed by atoms with Crippen molar-refractivity contribution in [3.05, 3.63) is 53.0 Å². The van der Waals surface area contributed by atoms with E-state index in [0.29, 0.717) is 6.61 Å². The molecule has 1 amide bonds. The average Bonchev–Trinajstić information content (AvgIpc) is 3.29. The molecule has 0 aliphatic carbocycles. The first-order valence-electron chi connectivity index (χ1n) is 9.35. The molecular formula is C20H26N2O5S. The maximum atomic E-state index is 12.6. The highest BCUT2D eigenvalue weighted by Crippen LogP contribution is 2.22. The Morgan fingerprint density at radius 1 is 1.29 bits per heavy atom. The van der Waals surface area contributed by atoms with E-state index < -0.39 is 10.0 Å². The molecule has 1 saturated heterocycles. The number of carbonyl (C=O) groups is 1. The molecule has 0 bridgehead atoms. The van der Waals surface area contributed by atoms with Crippen molar-refractivity contribution in [2.24, 2.45) is 0 Å². The van der Waals surface area contributed by atoms with E-state index in [-0.39, 0.29) is 35.1 Å². The molecule has 0 spiro atoms. The Balaban J connectivity index is 1.69. The zero-order valence-corrected chi connectivity index (χ0v) is 17.1. The largest absolute Gasteiger partial charge is 0.466 e. The van der Waals surface area contributed by atoms with Crippen LogP contribution in [0.1, 0.15) is 53.2 Å². The fourth-order valence-electron chi connectivity index (χ4n) is 3.33. The van der Waals surface area contributed by atoms with Crippen molar-refractivity contribution in [3.8, 4) is 0 Å². The summed E-state index contributed by atoms with van der Waals surface area (Å²) in [6.45, 7) is 6.45. The molecule has 2 N–H and O–H groups in total. The molecule has 1 aromatic heterocycles. The Hall–Kier alpha value is -2.16. The SMILES string of the molecule is Cc1cc(C(C)NC(=O)c2cccc(S(=O)(=O)NCC3CCCO3)c2)c(C)o1. The number of furan rings is 1. The van der Waals surface area contributed by atoms with Gasteiger partial charge in [-0.25, -0.2) is 13.1 Å². The van der Waals surface area contributed by atoms with Crippen LogP contribution in [0, 0.1) is 13.8 Å². The molecule has 7 nitrogen and oxygen atoms in total. The van der Waals surface area contributed by atoms with E-state index in [1.54, 1.807) is 12.1 Å². The van der Waals surface area contributed by atoms with Crippen LogP contribution in [-0.4, -0.2) is 33.6 Å². The third kappa shape index (κ3) is 4.81. The number of nitrogens with one attached hydrogen (secondary N) is 2. The Bertz CT molecular complexity index is 945. The van der Waals surface area contributed by atoms with Gasteiger partial charge in [0.1, 0.15) is 11.5 Å².